The Morgan fingerprint density at radius 1 is 1.23 bits per heavy atom. The third-order valence-electron chi connectivity index (χ3n) is 7.63. The van der Waals surface area contributed by atoms with E-state index in [1.165, 1.54) is 12.1 Å². The molecule has 1 amide bonds. The second-order valence-corrected chi connectivity index (χ2v) is 9.35. The second-order valence-electron chi connectivity index (χ2n) is 9.35. The zero-order valence-electron chi connectivity index (χ0n) is 17.0. The molecular weight excluding hydrogens is 384 g/mol. The van der Waals surface area contributed by atoms with Crippen molar-refractivity contribution in [2.45, 2.75) is 51.0 Å². The number of pyridine rings is 1. The van der Waals surface area contributed by atoms with E-state index in [4.69, 9.17) is 4.74 Å². The molecule has 0 radical (unpaired) electrons. The number of benzene rings is 1. The number of phenolic OH excluding ortho intramolecular Hbond substituents is 1. The highest BCUT2D eigenvalue weighted by atomic mass is 16.5. The Hall–Kier alpha value is -2.64. The Kier molecular flexibility index (Phi) is 4.14. The van der Waals surface area contributed by atoms with E-state index >= 15 is 0 Å². The van der Waals surface area contributed by atoms with Gasteiger partial charge in [-0.2, -0.15) is 0 Å². The number of hydrogen-bond donors (Lipinski definition) is 4. The van der Waals surface area contributed by atoms with E-state index in [-0.39, 0.29) is 34.9 Å². The molecule has 4 aliphatic rings. The summed E-state index contributed by atoms with van der Waals surface area (Å²) in [6.07, 6.45) is 2.92. The maximum atomic E-state index is 12.9. The number of aromatic hydroxyl groups is 1. The Morgan fingerprint density at radius 2 is 1.97 bits per heavy atom. The van der Waals surface area contributed by atoms with Crippen LogP contribution in [0.5, 0.6) is 11.5 Å². The number of rotatable bonds is 3. The van der Waals surface area contributed by atoms with Gasteiger partial charge in [0, 0.05) is 24.5 Å². The van der Waals surface area contributed by atoms with Crippen molar-refractivity contribution in [3.63, 3.8) is 0 Å². The number of nitrogens with one attached hydrogen (secondary N) is 1. The van der Waals surface area contributed by atoms with E-state index in [2.05, 4.69) is 24.1 Å². The van der Waals surface area contributed by atoms with Gasteiger partial charge in [0.25, 0.3) is 5.91 Å². The fraction of sp³-hybridized carbons (Fsp3) is 0.478. The number of amides is 1. The molecule has 4 N–H and O–H groups in total. The van der Waals surface area contributed by atoms with Gasteiger partial charge < -0.3 is 25.4 Å². The number of aromatic nitrogens is 1. The molecule has 30 heavy (non-hydrogen) atoms. The lowest BCUT2D eigenvalue weighted by Crippen LogP contribution is -2.72. The minimum Gasteiger partial charge on any atom is -0.507 e. The Morgan fingerprint density at radius 3 is 2.67 bits per heavy atom. The van der Waals surface area contributed by atoms with Crippen LogP contribution in [-0.4, -0.2) is 37.9 Å². The summed E-state index contributed by atoms with van der Waals surface area (Å²) in [6, 6.07) is 6.48. The third kappa shape index (κ3) is 2.51. The van der Waals surface area contributed by atoms with E-state index in [0.29, 0.717) is 17.9 Å². The normalized spacial score (nSPS) is 32.8. The average molecular weight is 410 g/mol. The lowest BCUT2D eigenvalue weighted by atomic mass is 9.42. The van der Waals surface area contributed by atoms with Crippen LogP contribution in [0, 0.1) is 17.3 Å². The number of fused-ring (bicyclic) bond motifs is 1. The number of phenols is 1. The Bertz CT molecular complexity index is 1010. The summed E-state index contributed by atoms with van der Waals surface area (Å²) in [6.45, 7) is 4.51. The third-order valence-corrected chi connectivity index (χ3v) is 7.63. The van der Waals surface area contributed by atoms with Gasteiger partial charge in [-0.15, -0.1) is 0 Å². The van der Waals surface area contributed by atoms with Gasteiger partial charge in [-0.1, -0.05) is 13.8 Å². The zero-order chi connectivity index (χ0) is 21.3. The molecule has 1 aromatic carbocycles. The fourth-order valence-corrected chi connectivity index (χ4v) is 5.69. The van der Waals surface area contributed by atoms with Crippen molar-refractivity contribution in [2.24, 2.45) is 17.3 Å². The van der Waals surface area contributed by atoms with Crippen LogP contribution in [0.15, 0.2) is 36.7 Å². The largest absolute Gasteiger partial charge is 0.507 e. The SMILES string of the molecule is CC1(C)[C@@H]2C[C@H]1[C@@]1(O)[C@@H](C2)Oc2c(ccc(O)c2C(=O)NCc2ccncc2)[C@@H]1O. The summed E-state index contributed by atoms with van der Waals surface area (Å²) in [5.41, 5.74) is -0.294. The van der Waals surface area contributed by atoms with Gasteiger partial charge in [-0.05, 0) is 59.9 Å². The Balaban J connectivity index is 1.49. The fourth-order valence-electron chi connectivity index (χ4n) is 5.69. The first-order valence-electron chi connectivity index (χ1n) is 10.3. The number of ether oxygens (including phenoxy) is 1. The molecule has 0 saturated heterocycles. The molecule has 6 rings (SSSR count). The molecule has 1 aliphatic heterocycles. The maximum absolute atomic E-state index is 12.9. The smallest absolute Gasteiger partial charge is 0.259 e. The maximum Gasteiger partial charge on any atom is 0.259 e. The second kappa shape index (κ2) is 6.43. The first-order chi connectivity index (χ1) is 14.2. The standard InChI is InChI=1S/C23H26N2O5/c1-22(2)13-9-16(22)23(29)17(10-13)30-19-14(20(23)27)3-4-15(26)18(19)21(28)25-11-12-5-7-24-8-6-12/h3-8,13,16-17,20,26-27,29H,9-11H2,1-2H3,(H,25,28)/t13-,16-,17-,20+,23-/m1/s1. The lowest BCUT2D eigenvalue weighted by Gasteiger charge is -2.67. The van der Waals surface area contributed by atoms with Crippen molar-refractivity contribution in [3.8, 4) is 11.5 Å². The van der Waals surface area contributed by atoms with Gasteiger partial charge in [0.15, 0.2) is 0 Å². The van der Waals surface area contributed by atoms with Crippen LogP contribution >= 0.6 is 0 Å². The van der Waals surface area contributed by atoms with Crippen molar-refractivity contribution >= 4 is 5.91 Å². The number of hydrogen-bond acceptors (Lipinski definition) is 6. The monoisotopic (exact) mass is 410 g/mol. The summed E-state index contributed by atoms with van der Waals surface area (Å²) in [4.78, 5) is 16.9. The molecule has 0 spiro atoms. The quantitative estimate of drug-likeness (QED) is 0.618. The van der Waals surface area contributed by atoms with Crippen LogP contribution in [0.2, 0.25) is 0 Å². The molecule has 3 aliphatic carbocycles. The minimum absolute atomic E-state index is 0.0128. The molecule has 5 atom stereocenters. The summed E-state index contributed by atoms with van der Waals surface area (Å²) in [7, 11) is 0. The summed E-state index contributed by atoms with van der Waals surface area (Å²) >= 11 is 0. The van der Waals surface area contributed by atoms with E-state index in [9.17, 15) is 20.1 Å². The molecule has 2 heterocycles. The van der Waals surface area contributed by atoms with Crippen LogP contribution in [0.25, 0.3) is 0 Å². The van der Waals surface area contributed by atoms with Crippen molar-refractivity contribution in [1.82, 2.24) is 10.3 Å². The molecule has 3 saturated carbocycles. The molecule has 7 nitrogen and oxygen atoms in total. The minimum atomic E-state index is -1.41. The first-order valence-corrected chi connectivity index (χ1v) is 10.3. The highest BCUT2D eigenvalue weighted by Crippen LogP contribution is 2.67. The molecule has 3 fully saturated rings. The topological polar surface area (TPSA) is 112 Å². The van der Waals surface area contributed by atoms with Crippen molar-refractivity contribution in [3.05, 3.63) is 53.3 Å². The van der Waals surface area contributed by atoms with Gasteiger partial charge in [0.05, 0.1) is 0 Å². The van der Waals surface area contributed by atoms with Gasteiger partial charge in [0.1, 0.15) is 34.9 Å². The highest BCUT2D eigenvalue weighted by Gasteiger charge is 2.69. The van der Waals surface area contributed by atoms with Crippen molar-refractivity contribution in [1.29, 1.82) is 0 Å². The van der Waals surface area contributed by atoms with E-state index in [0.717, 1.165) is 12.0 Å². The summed E-state index contributed by atoms with van der Waals surface area (Å²) in [5.74, 6) is -0.263. The van der Waals surface area contributed by atoms with Crippen LogP contribution in [-0.2, 0) is 6.54 Å². The van der Waals surface area contributed by atoms with E-state index in [1.54, 1.807) is 24.5 Å². The highest BCUT2D eigenvalue weighted by molar-refractivity contribution is 6.00. The number of carbonyl (C=O) groups excluding carboxylic acids is 1. The molecule has 0 unspecified atom stereocenters. The van der Waals surface area contributed by atoms with Gasteiger partial charge in [0.2, 0.25) is 0 Å². The molecule has 158 valence electrons. The van der Waals surface area contributed by atoms with Crippen LogP contribution in [0.3, 0.4) is 0 Å². The molecule has 2 bridgehead atoms. The van der Waals surface area contributed by atoms with E-state index < -0.39 is 23.7 Å². The summed E-state index contributed by atoms with van der Waals surface area (Å²) in [5, 5.41) is 36.0. The average Bonchev–Trinajstić information content (AvgIpc) is 2.73. The van der Waals surface area contributed by atoms with Gasteiger partial charge in [-0.25, -0.2) is 0 Å². The van der Waals surface area contributed by atoms with Crippen LogP contribution in [0.1, 0.15) is 54.3 Å². The van der Waals surface area contributed by atoms with Crippen LogP contribution in [0.4, 0.5) is 0 Å². The van der Waals surface area contributed by atoms with Crippen molar-refractivity contribution < 1.29 is 24.9 Å². The van der Waals surface area contributed by atoms with Crippen LogP contribution < -0.4 is 10.1 Å². The predicted octanol–water partition coefficient (Wildman–Crippen LogP) is 2.31. The number of aliphatic hydroxyl groups is 2. The molecule has 1 aromatic heterocycles. The summed E-state index contributed by atoms with van der Waals surface area (Å²) < 4.78 is 6.15. The molecular formula is C23H26N2O5. The van der Waals surface area contributed by atoms with Gasteiger partial charge in [-0.3, -0.25) is 9.78 Å². The first kappa shape index (κ1) is 19.3. The Labute approximate surface area is 174 Å². The number of nitrogens with zero attached hydrogens (tertiary/aromatic N) is 1. The number of aliphatic hydroxyl groups excluding tert-OH is 1. The number of carbonyl (C=O) groups is 1. The van der Waals surface area contributed by atoms with Crippen molar-refractivity contribution in [2.75, 3.05) is 0 Å². The van der Waals surface area contributed by atoms with Gasteiger partial charge >= 0.3 is 0 Å². The van der Waals surface area contributed by atoms with E-state index in [1.807, 2.05) is 0 Å². The predicted molar refractivity (Wildman–Crippen MR) is 108 cm³/mol. The molecule has 2 aromatic rings. The molecule has 7 heteroatoms. The zero-order valence-corrected chi connectivity index (χ0v) is 17.0. The lowest BCUT2D eigenvalue weighted by molar-refractivity contribution is -0.289.